The number of nitrogens with one attached hydrogen (secondary N) is 1. The van der Waals surface area contributed by atoms with Crippen molar-refractivity contribution in [1.29, 1.82) is 0 Å². The molecule has 2 amide bonds. The molecule has 2 fully saturated rings. The number of amides is 2. The first-order valence-electron chi connectivity index (χ1n) is 11.1. The van der Waals surface area contributed by atoms with E-state index in [1.165, 1.54) is 10.9 Å². The number of aliphatic hydroxyl groups excluding tert-OH is 1. The van der Waals surface area contributed by atoms with Crippen LogP contribution in [-0.4, -0.2) is 56.2 Å². The molecule has 1 aromatic heterocycles. The van der Waals surface area contributed by atoms with Gasteiger partial charge >= 0.3 is 6.18 Å². The van der Waals surface area contributed by atoms with Crippen molar-refractivity contribution in [1.82, 2.24) is 20.0 Å². The van der Waals surface area contributed by atoms with Crippen molar-refractivity contribution in [2.24, 2.45) is 0 Å². The van der Waals surface area contributed by atoms with Crippen LogP contribution in [-0.2, 0) is 17.5 Å². The third-order valence-corrected chi connectivity index (χ3v) is 7.11. The standard InChI is InChI=1S/C24H20F4N4O3S/c25-16-3-2-14(17(9-16)24(26,27)28)12-31-18-4-1-13(7-15(18)10-30-31)8-21-22(34)32(23(35)36-21)19-11-29-6-5-20(19)33/h1-4,7-10,19-20,29,33H,5-6,11-12H2/b21-8-/t19?,20-/m0/s1. The van der Waals surface area contributed by atoms with E-state index < -0.39 is 40.8 Å². The maximum Gasteiger partial charge on any atom is 0.416 e. The molecule has 0 saturated carbocycles. The fraction of sp³-hybridized carbons (Fsp3) is 0.292. The van der Waals surface area contributed by atoms with Crippen molar-refractivity contribution in [3.63, 3.8) is 0 Å². The average molecular weight is 521 g/mol. The van der Waals surface area contributed by atoms with E-state index >= 15 is 0 Å². The summed E-state index contributed by atoms with van der Waals surface area (Å²) in [4.78, 5) is 26.7. The Hall–Kier alpha value is -3.22. The molecule has 5 rings (SSSR count). The highest BCUT2D eigenvalue weighted by molar-refractivity contribution is 8.18. The Morgan fingerprint density at radius 2 is 2.00 bits per heavy atom. The van der Waals surface area contributed by atoms with Gasteiger partial charge in [0.15, 0.2) is 0 Å². The van der Waals surface area contributed by atoms with Crippen molar-refractivity contribution in [3.05, 3.63) is 70.0 Å². The SMILES string of the molecule is O=C1S/C(=C\c2ccc3c(cnn3Cc3ccc(F)cc3C(F)(F)F)c2)C(=O)N1C1CNCC[C@@H]1O. The van der Waals surface area contributed by atoms with Crippen LogP contribution in [0.5, 0.6) is 0 Å². The van der Waals surface area contributed by atoms with Crippen LogP contribution in [0.2, 0.25) is 0 Å². The van der Waals surface area contributed by atoms with Crippen molar-refractivity contribution in [2.75, 3.05) is 13.1 Å². The number of fused-ring (bicyclic) bond motifs is 1. The van der Waals surface area contributed by atoms with Gasteiger partial charge in [0.25, 0.3) is 11.1 Å². The van der Waals surface area contributed by atoms with Gasteiger partial charge < -0.3 is 10.4 Å². The molecule has 0 aliphatic carbocycles. The van der Waals surface area contributed by atoms with Crippen molar-refractivity contribution >= 4 is 39.9 Å². The largest absolute Gasteiger partial charge is 0.416 e. The number of hydrogen-bond donors (Lipinski definition) is 2. The van der Waals surface area contributed by atoms with E-state index in [1.54, 1.807) is 24.3 Å². The Morgan fingerprint density at radius 1 is 1.19 bits per heavy atom. The first-order valence-corrected chi connectivity index (χ1v) is 11.9. The molecule has 2 aromatic carbocycles. The first-order chi connectivity index (χ1) is 17.1. The molecule has 2 atom stereocenters. The number of halogens is 4. The summed E-state index contributed by atoms with van der Waals surface area (Å²) in [5.74, 6) is -1.45. The summed E-state index contributed by atoms with van der Waals surface area (Å²) in [6, 6.07) is 6.93. The monoisotopic (exact) mass is 520 g/mol. The highest BCUT2D eigenvalue weighted by Crippen LogP contribution is 2.36. The minimum atomic E-state index is -4.71. The highest BCUT2D eigenvalue weighted by Gasteiger charge is 2.43. The smallest absolute Gasteiger partial charge is 0.391 e. The number of hydrogen-bond acceptors (Lipinski definition) is 6. The number of carbonyl (C=O) groups is 2. The molecule has 0 radical (unpaired) electrons. The molecular formula is C24H20F4N4O3S. The zero-order chi connectivity index (χ0) is 25.6. The Bertz CT molecular complexity index is 1390. The third kappa shape index (κ3) is 4.63. The molecule has 0 spiro atoms. The molecule has 0 bridgehead atoms. The lowest BCUT2D eigenvalue weighted by molar-refractivity contribution is -0.138. The second kappa shape index (κ2) is 9.34. The maximum absolute atomic E-state index is 13.4. The Balaban J connectivity index is 1.40. The van der Waals surface area contributed by atoms with E-state index in [1.807, 2.05) is 0 Å². The van der Waals surface area contributed by atoms with Crippen molar-refractivity contribution in [3.8, 4) is 0 Å². The molecule has 3 heterocycles. The number of aliphatic hydroxyl groups is 1. The number of thioether (sulfide) groups is 1. The van der Waals surface area contributed by atoms with Gasteiger partial charge in [-0.15, -0.1) is 0 Å². The average Bonchev–Trinajstić information content (AvgIpc) is 3.34. The zero-order valence-corrected chi connectivity index (χ0v) is 19.4. The second-order valence-corrected chi connectivity index (χ2v) is 9.59. The minimum Gasteiger partial charge on any atom is -0.391 e. The highest BCUT2D eigenvalue weighted by atomic mass is 32.2. The van der Waals surface area contributed by atoms with Gasteiger partial charge in [-0.05, 0) is 66.2 Å². The minimum absolute atomic E-state index is 0.119. The summed E-state index contributed by atoms with van der Waals surface area (Å²) in [6.07, 6.45) is -2.01. The van der Waals surface area contributed by atoms with E-state index in [4.69, 9.17) is 0 Å². The molecule has 7 nitrogen and oxygen atoms in total. The van der Waals surface area contributed by atoms with Gasteiger partial charge in [0, 0.05) is 11.9 Å². The van der Waals surface area contributed by atoms with Crippen LogP contribution >= 0.6 is 11.8 Å². The number of rotatable bonds is 4. The van der Waals surface area contributed by atoms with Gasteiger partial charge in [0.05, 0.1) is 40.9 Å². The lowest BCUT2D eigenvalue weighted by atomic mass is 10.0. The predicted molar refractivity (Wildman–Crippen MR) is 125 cm³/mol. The predicted octanol–water partition coefficient (Wildman–Crippen LogP) is 4.00. The molecular weight excluding hydrogens is 500 g/mol. The number of benzene rings is 2. The molecule has 2 aliphatic rings. The van der Waals surface area contributed by atoms with E-state index in [0.29, 0.717) is 42.0 Å². The topological polar surface area (TPSA) is 87.5 Å². The number of alkyl halides is 3. The van der Waals surface area contributed by atoms with E-state index in [-0.39, 0.29) is 17.0 Å². The molecule has 2 saturated heterocycles. The van der Waals surface area contributed by atoms with E-state index in [9.17, 15) is 32.3 Å². The summed E-state index contributed by atoms with van der Waals surface area (Å²) in [5, 5.41) is 17.7. The van der Waals surface area contributed by atoms with E-state index in [2.05, 4.69) is 10.4 Å². The molecule has 12 heteroatoms. The van der Waals surface area contributed by atoms with Gasteiger partial charge in [-0.2, -0.15) is 18.3 Å². The van der Waals surface area contributed by atoms with E-state index in [0.717, 1.165) is 28.8 Å². The first kappa shape index (κ1) is 24.5. The molecule has 188 valence electrons. The van der Waals surface area contributed by atoms with Crippen LogP contribution in [0.3, 0.4) is 0 Å². The third-order valence-electron chi connectivity index (χ3n) is 6.23. The number of carbonyl (C=O) groups excluding carboxylic acids is 2. The molecule has 36 heavy (non-hydrogen) atoms. The van der Waals surface area contributed by atoms with Crippen LogP contribution in [0.4, 0.5) is 22.4 Å². The van der Waals surface area contributed by atoms with Crippen LogP contribution in [0.25, 0.3) is 17.0 Å². The summed E-state index contributed by atoms with van der Waals surface area (Å²) in [6.45, 7) is 0.715. The van der Waals surface area contributed by atoms with Gasteiger partial charge in [0.2, 0.25) is 0 Å². The molecule has 2 N–H and O–H groups in total. The molecule has 3 aromatic rings. The second-order valence-electron chi connectivity index (χ2n) is 8.60. The Morgan fingerprint density at radius 3 is 2.75 bits per heavy atom. The van der Waals surface area contributed by atoms with Crippen LogP contribution in [0.15, 0.2) is 47.5 Å². The molecule has 2 aliphatic heterocycles. The number of nitrogens with zero attached hydrogens (tertiary/aromatic N) is 3. The molecule has 1 unspecified atom stereocenters. The van der Waals surface area contributed by atoms with Gasteiger partial charge in [0.1, 0.15) is 5.82 Å². The number of aromatic nitrogens is 2. The summed E-state index contributed by atoms with van der Waals surface area (Å²) in [7, 11) is 0. The quantitative estimate of drug-likeness (QED) is 0.400. The number of piperidine rings is 1. The fourth-order valence-electron chi connectivity index (χ4n) is 4.44. The van der Waals surface area contributed by atoms with Crippen LogP contribution in [0.1, 0.15) is 23.1 Å². The Labute approximate surface area is 206 Å². The number of imide groups is 1. The normalized spacial score (nSPS) is 22.2. The Kier molecular flexibility index (Phi) is 6.35. The van der Waals surface area contributed by atoms with Crippen LogP contribution < -0.4 is 5.32 Å². The maximum atomic E-state index is 13.4. The lowest BCUT2D eigenvalue weighted by Gasteiger charge is -2.33. The summed E-state index contributed by atoms with van der Waals surface area (Å²) in [5.41, 5.74) is -0.0236. The lowest BCUT2D eigenvalue weighted by Crippen LogP contribution is -2.55. The summed E-state index contributed by atoms with van der Waals surface area (Å²) < 4.78 is 54.9. The van der Waals surface area contributed by atoms with Crippen LogP contribution in [0, 0.1) is 5.82 Å². The zero-order valence-electron chi connectivity index (χ0n) is 18.6. The van der Waals surface area contributed by atoms with Gasteiger partial charge in [-0.3, -0.25) is 19.2 Å². The summed E-state index contributed by atoms with van der Waals surface area (Å²) >= 11 is 0.791. The fourth-order valence-corrected chi connectivity index (χ4v) is 5.33. The van der Waals surface area contributed by atoms with Gasteiger partial charge in [-0.25, -0.2) is 4.39 Å². The van der Waals surface area contributed by atoms with Crippen molar-refractivity contribution in [2.45, 2.75) is 31.3 Å². The van der Waals surface area contributed by atoms with Crippen molar-refractivity contribution < 1.29 is 32.3 Å². The van der Waals surface area contributed by atoms with Gasteiger partial charge in [-0.1, -0.05) is 12.1 Å².